The van der Waals surface area contributed by atoms with Gasteiger partial charge in [-0.1, -0.05) is 36.0 Å². The van der Waals surface area contributed by atoms with Crippen molar-refractivity contribution in [2.24, 2.45) is 0 Å². The van der Waals surface area contributed by atoms with Gasteiger partial charge in [0.15, 0.2) is 10.9 Å². The minimum Gasteiger partial charge on any atom is -0.492 e. The van der Waals surface area contributed by atoms with Gasteiger partial charge >= 0.3 is 0 Å². The third-order valence-electron chi connectivity index (χ3n) is 4.47. The number of benzene rings is 2. The summed E-state index contributed by atoms with van der Waals surface area (Å²) in [6, 6.07) is 15.8. The lowest BCUT2D eigenvalue weighted by Crippen LogP contribution is -2.33. The average molecular weight is 369 g/mol. The second-order valence-corrected chi connectivity index (χ2v) is 7.52. The van der Waals surface area contributed by atoms with E-state index in [2.05, 4.69) is 29.2 Å². The lowest BCUT2D eigenvalue weighted by atomic mass is 10.0. The van der Waals surface area contributed by atoms with Crippen molar-refractivity contribution in [2.75, 3.05) is 25.4 Å². The van der Waals surface area contributed by atoms with Gasteiger partial charge in [-0.15, -0.1) is 0 Å². The molecule has 4 nitrogen and oxygen atoms in total. The maximum absolute atomic E-state index is 12.0. The van der Waals surface area contributed by atoms with E-state index < -0.39 is 0 Å². The summed E-state index contributed by atoms with van der Waals surface area (Å²) in [6.07, 6.45) is 1.09. The minimum absolute atomic E-state index is 0.0382. The van der Waals surface area contributed by atoms with Crippen molar-refractivity contribution in [2.45, 2.75) is 19.9 Å². The molecule has 0 aliphatic carbocycles. The van der Waals surface area contributed by atoms with Crippen LogP contribution in [-0.2, 0) is 17.8 Å². The predicted octanol–water partition coefficient (Wildman–Crippen LogP) is 3.59. The molecule has 0 amide bonds. The molecule has 0 atom stereocenters. The van der Waals surface area contributed by atoms with Crippen molar-refractivity contribution < 1.29 is 14.3 Å². The zero-order chi connectivity index (χ0) is 18.4. The van der Waals surface area contributed by atoms with Crippen molar-refractivity contribution >= 4 is 22.7 Å². The molecule has 2 aromatic carbocycles. The molecule has 3 rings (SSSR count). The molecule has 136 valence electrons. The number of hydrogen-bond acceptors (Lipinski definition) is 5. The van der Waals surface area contributed by atoms with E-state index in [1.165, 1.54) is 18.1 Å². The monoisotopic (exact) mass is 369 g/mol. The van der Waals surface area contributed by atoms with E-state index in [4.69, 9.17) is 4.74 Å². The van der Waals surface area contributed by atoms with Crippen molar-refractivity contribution in [1.82, 2.24) is 4.90 Å². The normalized spacial score (nSPS) is 13.9. The Morgan fingerprint density at radius 2 is 1.81 bits per heavy atom. The van der Waals surface area contributed by atoms with Gasteiger partial charge in [-0.3, -0.25) is 14.5 Å². The summed E-state index contributed by atoms with van der Waals surface area (Å²) in [6.45, 7) is 5.00. The fourth-order valence-corrected chi connectivity index (χ4v) is 3.53. The summed E-state index contributed by atoms with van der Waals surface area (Å²) in [4.78, 5) is 25.3. The number of Topliss-reactive ketones (excluding diaryl/α,β-unsaturated/α-hetero) is 1. The van der Waals surface area contributed by atoms with Crippen LogP contribution in [0.2, 0.25) is 0 Å². The summed E-state index contributed by atoms with van der Waals surface area (Å²) in [5.41, 5.74) is 3.47. The summed E-state index contributed by atoms with van der Waals surface area (Å²) >= 11 is 1.04. The highest BCUT2D eigenvalue weighted by atomic mass is 32.2. The van der Waals surface area contributed by atoms with Crippen LogP contribution in [-0.4, -0.2) is 41.2 Å². The van der Waals surface area contributed by atoms with Crippen molar-refractivity contribution in [3.05, 3.63) is 65.2 Å². The number of rotatable bonds is 7. The molecule has 0 saturated heterocycles. The first kappa shape index (κ1) is 18.7. The Labute approximate surface area is 158 Å². The van der Waals surface area contributed by atoms with Crippen LogP contribution in [0.25, 0.3) is 0 Å². The number of ether oxygens (including phenoxy) is 1. The number of carbonyl (C=O) groups excluding carboxylic acids is 2. The molecule has 26 heavy (non-hydrogen) atoms. The quantitative estimate of drug-likeness (QED) is 0.698. The highest BCUT2D eigenvalue weighted by molar-refractivity contribution is 8.14. The number of nitrogens with zero attached hydrogens (tertiary/aromatic N) is 1. The molecule has 1 aliphatic heterocycles. The molecule has 1 aliphatic rings. The lowest BCUT2D eigenvalue weighted by Gasteiger charge is -2.28. The van der Waals surface area contributed by atoms with Crippen LogP contribution in [0.15, 0.2) is 48.5 Å². The van der Waals surface area contributed by atoms with E-state index >= 15 is 0 Å². The van der Waals surface area contributed by atoms with Crippen LogP contribution in [0.3, 0.4) is 0 Å². The van der Waals surface area contributed by atoms with Gasteiger partial charge < -0.3 is 4.74 Å². The predicted molar refractivity (Wildman–Crippen MR) is 105 cm³/mol. The van der Waals surface area contributed by atoms with Crippen molar-refractivity contribution in [3.8, 4) is 5.75 Å². The molecular weight excluding hydrogens is 346 g/mol. The molecule has 0 bridgehead atoms. The van der Waals surface area contributed by atoms with Gasteiger partial charge in [0.1, 0.15) is 12.4 Å². The van der Waals surface area contributed by atoms with Crippen LogP contribution in [0.5, 0.6) is 5.75 Å². The van der Waals surface area contributed by atoms with Gasteiger partial charge in [0.2, 0.25) is 0 Å². The Morgan fingerprint density at radius 1 is 1.08 bits per heavy atom. The standard InChI is InChI=1S/C21H23NO3S/c1-16(23)26-15-21(24)18-6-8-20(9-7-18)25-13-12-22-11-10-17-4-2-3-5-19(17)14-22/h2-9H,10-15H2,1H3. The lowest BCUT2D eigenvalue weighted by molar-refractivity contribution is -0.109. The molecule has 2 aromatic rings. The molecule has 0 N–H and O–H groups in total. The Kier molecular flexibility index (Phi) is 6.47. The summed E-state index contributed by atoms with van der Waals surface area (Å²) < 4.78 is 5.82. The largest absolute Gasteiger partial charge is 0.492 e. The van der Waals surface area contributed by atoms with Gasteiger partial charge in [-0.25, -0.2) is 0 Å². The Balaban J connectivity index is 1.44. The van der Waals surface area contributed by atoms with Gasteiger partial charge in [0, 0.05) is 32.1 Å². The van der Waals surface area contributed by atoms with Crippen LogP contribution < -0.4 is 4.74 Å². The molecule has 0 aromatic heterocycles. The molecule has 5 heteroatoms. The first-order valence-electron chi connectivity index (χ1n) is 8.80. The summed E-state index contributed by atoms with van der Waals surface area (Å²) in [7, 11) is 0. The van der Waals surface area contributed by atoms with Crippen LogP contribution in [0.4, 0.5) is 0 Å². The summed E-state index contributed by atoms with van der Waals surface area (Å²) in [5, 5.41) is -0.0429. The molecular formula is C21H23NO3S. The van der Waals surface area contributed by atoms with Gasteiger partial charge in [0.25, 0.3) is 0 Å². The van der Waals surface area contributed by atoms with Crippen molar-refractivity contribution in [3.63, 3.8) is 0 Å². The number of fused-ring (bicyclic) bond motifs is 1. The Hall–Kier alpha value is -2.11. The van der Waals surface area contributed by atoms with Gasteiger partial charge in [0.05, 0.1) is 5.75 Å². The van der Waals surface area contributed by atoms with E-state index in [0.29, 0.717) is 12.2 Å². The Bertz CT molecular complexity index is 773. The second-order valence-electron chi connectivity index (χ2n) is 6.37. The van der Waals surface area contributed by atoms with Crippen LogP contribution in [0, 0.1) is 0 Å². The third-order valence-corrected chi connectivity index (χ3v) is 5.28. The zero-order valence-electron chi connectivity index (χ0n) is 14.9. The maximum atomic E-state index is 12.0. The van der Waals surface area contributed by atoms with E-state index in [1.807, 2.05) is 12.1 Å². The maximum Gasteiger partial charge on any atom is 0.186 e. The van der Waals surface area contributed by atoms with Crippen LogP contribution >= 0.6 is 11.8 Å². The number of thioether (sulfide) groups is 1. The molecule has 0 radical (unpaired) electrons. The van der Waals surface area contributed by atoms with Crippen LogP contribution in [0.1, 0.15) is 28.4 Å². The van der Waals surface area contributed by atoms with Gasteiger partial charge in [-0.05, 0) is 41.8 Å². The first-order chi connectivity index (χ1) is 12.6. The summed E-state index contributed by atoms with van der Waals surface area (Å²) in [5.74, 6) is 0.910. The Morgan fingerprint density at radius 3 is 2.54 bits per heavy atom. The topological polar surface area (TPSA) is 46.6 Å². The fourth-order valence-electron chi connectivity index (χ4n) is 3.03. The number of carbonyl (C=O) groups is 2. The highest BCUT2D eigenvalue weighted by Crippen LogP contribution is 2.19. The third kappa shape index (κ3) is 5.19. The number of hydrogen-bond donors (Lipinski definition) is 0. The van der Waals surface area contributed by atoms with Crippen molar-refractivity contribution in [1.29, 1.82) is 0 Å². The highest BCUT2D eigenvalue weighted by Gasteiger charge is 2.15. The number of ketones is 1. The average Bonchev–Trinajstić information content (AvgIpc) is 2.66. The van der Waals surface area contributed by atoms with E-state index in [9.17, 15) is 9.59 Å². The second kappa shape index (κ2) is 9.01. The fraction of sp³-hybridized carbons (Fsp3) is 0.333. The van der Waals surface area contributed by atoms with Gasteiger partial charge in [-0.2, -0.15) is 0 Å². The molecule has 1 heterocycles. The first-order valence-corrected chi connectivity index (χ1v) is 9.79. The molecule has 0 spiro atoms. The van der Waals surface area contributed by atoms with E-state index in [0.717, 1.165) is 43.6 Å². The smallest absolute Gasteiger partial charge is 0.186 e. The van der Waals surface area contributed by atoms with E-state index in [-0.39, 0.29) is 16.7 Å². The molecule has 0 saturated carbocycles. The molecule has 0 unspecified atom stereocenters. The van der Waals surface area contributed by atoms with E-state index in [1.54, 1.807) is 12.1 Å². The SMILES string of the molecule is CC(=O)SCC(=O)c1ccc(OCCN2CCc3ccccc3C2)cc1. The minimum atomic E-state index is -0.0429. The zero-order valence-corrected chi connectivity index (χ0v) is 15.8. The molecule has 0 fully saturated rings.